The van der Waals surface area contributed by atoms with Crippen LogP contribution in [-0.4, -0.2) is 27.1 Å². The summed E-state index contributed by atoms with van der Waals surface area (Å²) in [6.07, 6.45) is 0. The molecule has 12 heteroatoms. The molecule has 0 fully saturated rings. The van der Waals surface area contributed by atoms with Crippen LogP contribution in [0.2, 0.25) is 10.0 Å². The van der Waals surface area contributed by atoms with Crippen molar-refractivity contribution in [1.82, 2.24) is 9.36 Å². The number of aromatic nitrogens is 2. The molecule has 202 valence electrons. The number of carbonyl (C=O) groups excluding carboxylic acids is 3. The third-order valence-corrected chi connectivity index (χ3v) is 7.13. The van der Waals surface area contributed by atoms with Gasteiger partial charge < -0.3 is 10.6 Å². The topological polar surface area (TPSA) is 105 Å². The van der Waals surface area contributed by atoms with Crippen LogP contribution in [0.5, 0.6) is 0 Å². The van der Waals surface area contributed by atoms with Crippen LogP contribution in [0, 0.1) is 6.92 Å². The highest BCUT2D eigenvalue weighted by atomic mass is 35.5. The number of carbonyl (C=O) groups is 3. The Morgan fingerprint density at radius 1 is 0.800 bits per heavy atom. The van der Waals surface area contributed by atoms with Crippen LogP contribution >= 0.6 is 34.8 Å². The molecule has 0 bridgehead atoms. The number of anilines is 3. The summed E-state index contributed by atoms with van der Waals surface area (Å²) in [5.74, 6) is -1.92. The van der Waals surface area contributed by atoms with Crippen molar-refractivity contribution in [2.75, 3.05) is 15.5 Å². The summed E-state index contributed by atoms with van der Waals surface area (Å²) in [4.78, 5) is 52.7. The minimum absolute atomic E-state index is 0.138. The molecule has 0 saturated carbocycles. The second-order valence-corrected chi connectivity index (χ2v) is 10.1. The summed E-state index contributed by atoms with van der Waals surface area (Å²) >= 11 is 18.2. The summed E-state index contributed by atoms with van der Waals surface area (Å²) < 4.78 is 3.13. The molecule has 3 amide bonds. The van der Waals surface area contributed by atoms with E-state index in [2.05, 4.69) is 10.6 Å². The lowest BCUT2D eigenvalue weighted by atomic mass is 10.2. The van der Waals surface area contributed by atoms with Crippen molar-refractivity contribution < 1.29 is 14.4 Å². The summed E-state index contributed by atoms with van der Waals surface area (Å²) in [6, 6.07) is 19.5. The largest absolute Gasteiger partial charge is 0.350 e. The number of nitrogens with one attached hydrogen (secondary N) is 2. The maximum atomic E-state index is 13.1. The van der Waals surface area contributed by atoms with Gasteiger partial charge in [0.1, 0.15) is 16.4 Å². The number of amides is 3. The first-order valence-electron chi connectivity index (χ1n) is 11.8. The zero-order valence-electron chi connectivity index (χ0n) is 21.0. The third-order valence-electron chi connectivity index (χ3n) is 6.34. The molecule has 3 aromatic carbocycles. The molecule has 0 radical (unpaired) electrons. The van der Waals surface area contributed by atoms with Gasteiger partial charge in [-0.3, -0.25) is 23.9 Å². The van der Waals surface area contributed by atoms with Gasteiger partial charge in [0.05, 0.1) is 17.1 Å². The van der Waals surface area contributed by atoms with Gasteiger partial charge in [-0.1, -0.05) is 53.0 Å². The fourth-order valence-corrected chi connectivity index (χ4v) is 4.99. The van der Waals surface area contributed by atoms with Crippen LogP contribution < -0.4 is 21.1 Å². The Labute approximate surface area is 243 Å². The Morgan fingerprint density at radius 3 is 2.05 bits per heavy atom. The number of rotatable bonds is 6. The van der Waals surface area contributed by atoms with Crippen molar-refractivity contribution in [3.63, 3.8) is 0 Å². The maximum Gasteiger partial charge on any atom is 0.295 e. The van der Waals surface area contributed by atoms with Gasteiger partial charge >= 0.3 is 0 Å². The van der Waals surface area contributed by atoms with E-state index in [9.17, 15) is 19.2 Å². The highest BCUT2D eigenvalue weighted by Crippen LogP contribution is 2.33. The van der Waals surface area contributed by atoms with Crippen molar-refractivity contribution in [3.05, 3.63) is 115 Å². The van der Waals surface area contributed by atoms with Crippen LogP contribution in [0.1, 0.15) is 16.1 Å². The van der Waals surface area contributed by atoms with Crippen LogP contribution in [0.4, 0.5) is 17.1 Å². The predicted octanol–water partition coefficient (Wildman–Crippen LogP) is 5.48. The lowest BCUT2D eigenvalue weighted by Crippen LogP contribution is -2.32. The molecule has 1 aromatic heterocycles. The van der Waals surface area contributed by atoms with Crippen molar-refractivity contribution in [3.8, 4) is 5.69 Å². The predicted molar refractivity (Wildman–Crippen MR) is 156 cm³/mol. The molecule has 0 spiro atoms. The number of hydrogen-bond acceptors (Lipinski definition) is 5. The maximum absolute atomic E-state index is 13.1. The molecule has 1 aliphatic heterocycles. The number of hydrogen-bond donors (Lipinski definition) is 2. The third kappa shape index (κ3) is 4.90. The van der Waals surface area contributed by atoms with Crippen molar-refractivity contribution in [1.29, 1.82) is 0 Å². The van der Waals surface area contributed by atoms with E-state index in [1.54, 1.807) is 42.9 Å². The van der Waals surface area contributed by atoms with Crippen molar-refractivity contribution >= 4 is 69.6 Å². The lowest BCUT2D eigenvalue weighted by Gasteiger charge is -2.16. The van der Waals surface area contributed by atoms with E-state index in [4.69, 9.17) is 34.8 Å². The molecule has 40 heavy (non-hydrogen) atoms. The summed E-state index contributed by atoms with van der Waals surface area (Å²) in [7, 11) is 1.73. The second kappa shape index (κ2) is 10.7. The molecular weight excluding hydrogens is 577 g/mol. The zero-order chi connectivity index (χ0) is 28.7. The molecule has 1 aliphatic rings. The Balaban J connectivity index is 1.33. The van der Waals surface area contributed by atoms with E-state index in [1.165, 1.54) is 35.0 Å². The van der Waals surface area contributed by atoms with Crippen LogP contribution in [0.25, 0.3) is 5.69 Å². The van der Waals surface area contributed by atoms with E-state index in [-0.39, 0.29) is 43.3 Å². The summed E-state index contributed by atoms with van der Waals surface area (Å²) in [5, 5.41) is 5.73. The van der Waals surface area contributed by atoms with Crippen LogP contribution in [-0.2, 0) is 16.6 Å². The van der Waals surface area contributed by atoms with Gasteiger partial charge in [0, 0.05) is 28.3 Å². The first-order valence-corrected chi connectivity index (χ1v) is 13.0. The second-order valence-electron chi connectivity index (χ2n) is 8.86. The van der Waals surface area contributed by atoms with Gasteiger partial charge in [-0.2, -0.15) is 0 Å². The molecule has 0 aliphatic carbocycles. The first kappa shape index (κ1) is 27.3. The van der Waals surface area contributed by atoms with E-state index >= 15 is 0 Å². The lowest BCUT2D eigenvalue weighted by molar-refractivity contribution is -0.120. The number of para-hydroxylation sites is 1. The van der Waals surface area contributed by atoms with Gasteiger partial charge in [0.25, 0.3) is 23.3 Å². The van der Waals surface area contributed by atoms with E-state index in [1.807, 2.05) is 18.2 Å². The fraction of sp³-hybridized carbons (Fsp3) is 0.0714. The minimum atomic E-state index is -0.733. The number of imide groups is 1. The highest BCUT2D eigenvalue weighted by molar-refractivity contribution is 6.53. The molecular formula is C28H20Cl3N5O4. The minimum Gasteiger partial charge on any atom is -0.350 e. The molecule has 4 aromatic rings. The number of nitrogens with zero attached hydrogens (tertiary/aromatic N) is 3. The Kier molecular flexibility index (Phi) is 7.29. The van der Waals surface area contributed by atoms with Gasteiger partial charge in [-0.05, 0) is 61.5 Å². The number of halogens is 3. The Hall–Kier alpha value is -4.31. The van der Waals surface area contributed by atoms with Gasteiger partial charge in [0.2, 0.25) is 0 Å². The summed E-state index contributed by atoms with van der Waals surface area (Å²) in [5.41, 5.74) is 1.75. The molecule has 0 unspecified atom stereocenters. The zero-order valence-corrected chi connectivity index (χ0v) is 23.3. The summed E-state index contributed by atoms with van der Waals surface area (Å²) in [6.45, 7) is 1.74. The van der Waals surface area contributed by atoms with E-state index in [0.29, 0.717) is 17.1 Å². The Morgan fingerprint density at radius 2 is 1.43 bits per heavy atom. The standard InChI is InChI=1S/C28H20Cl3N5O4/c1-15-23(28(40)36(34(15)2)20-6-4-3-5-7-20)33-25(37)16-8-10-19(11-9-16)32-24-22(31)26(38)35(27(24)39)21-13-17(29)12-18(30)14-21/h3-14,32H,1-2H3,(H,33,37). The molecule has 0 saturated heterocycles. The molecule has 0 atom stereocenters. The average molecular weight is 597 g/mol. The number of benzene rings is 3. The molecule has 2 heterocycles. The van der Waals surface area contributed by atoms with E-state index < -0.39 is 17.7 Å². The monoisotopic (exact) mass is 595 g/mol. The van der Waals surface area contributed by atoms with Gasteiger partial charge in [-0.25, -0.2) is 9.58 Å². The highest BCUT2D eigenvalue weighted by Gasteiger charge is 2.39. The normalized spacial score (nSPS) is 13.3. The SMILES string of the molecule is Cc1c(NC(=O)c2ccc(NC3=C(Cl)C(=O)N(c4cc(Cl)cc(Cl)c4)C3=O)cc2)c(=O)n(-c2ccccc2)n1C. The Bertz CT molecular complexity index is 1760. The smallest absolute Gasteiger partial charge is 0.295 e. The molecule has 2 N–H and O–H groups in total. The van der Waals surface area contributed by atoms with Crippen molar-refractivity contribution in [2.45, 2.75) is 6.92 Å². The van der Waals surface area contributed by atoms with Gasteiger partial charge in [0.15, 0.2) is 0 Å². The fourth-order valence-electron chi connectivity index (χ4n) is 4.26. The van der Waals surface area contributed by atoms with Gasteiger partial charge in [-0.15, -0.1) is 0 Å². The quantitative estimate of drug-likeness (QED) is 0.287. The average Bonchev–Trinajstić information content (AvgIpc) is 3.27. The van der Waals surface area contributed by atoms with Crippen molar-refractivity contribution in [2.24, 2.45) is 7.05 Å². The van der Waals surface area contributed by atoms with Crippen LogP contribution in [0.15, 0.2) is 88.3 Å². The van der Waals surface area contributed by atoms with Crippen LogP contribution in [0.3, 0.4) is 0 Å². The first-order chi connectivity index (χ1) is 19.1. The molecule has 5 rings (SSSR count). The van der Waals surface area contributed by atoms with E-state index in [0.717, 1.165) is 4.90 Å². The molecule has 9 nitrogen and oxygen atoms in total.